The highest BCUT2D eigenvalue weighted by atomic mass is 16.6. The summed E-state index contributed by atoms with van der Waals surface area (Å²) in [5.41, 5.74) is -0.106. The van der Waals surface area contributed by atoms with Crippen LogP contribution in [0.2, 0.25) is 0 Å². The van der Waals surface area contributed by atoms with E-state index in [9.17, 15) is 20.2 Å². The van der Waals surface area contributed by atoms with Crippen LogP contribution in [-0.4, -0.2) is 21.9 Å². The van der Waals surface area contributed by atoms with Gasteiger partial charge in [-0.2, -0.15) is 0 Å². The Balaban J connectivity index is 2.34. The van der Waals surface area contributed by atoms with Crippen molar-refractivity contribution in [3.8, 4) is 5.88 Å². The lowest BCUT2D eigenvalue weighted by Crippen LogP contribution is -1.99. The monoisotopic (exact) mass is 290 g/mol. The van der Waals surface area contributed by atoms with Crippen molar-refractivity contribution >= 4 is 22.7 Å². The summed E-state index contributed by atoms with van der Waals surface area (Å²) in [6.07, 6.45) is 1.43. The molecule has 0 fully saturated rings. The third kappa shape index (κ3) is 3.21. The molecule has 0 aliphatic carbocycles. The van der Waals surface area contributed by atoms with E-state index in [2.05, 4.69) is 10.3 Å². The van der Waals surface area contributed by atoms with Gasteiger partial charge in [-0.1, -0.05) is 0 Å². The van der Waals surface area contributed by atoms with E-state index in [1.165, 1.54) is 25.4 Å². The molecule has 0 unspecified atom stereocenters. The molecule has 9 heteroatoms. The van der Waals surface area contributed by atoms with Gasteiger partial charge in [-0.3, -0.25) is 20.2 Å². The Hall–Kier alpha value is -3.23. The molecule has 1 heterocycles. The second-order valence-electron chi connectivity index (χ2n) is 3.93. The minimum Gasteiger partial charge on any atom is -0.481 e. The number of hydrogen-bond acceptors (Lipinski definition) is 7. The molecule has 0 saturated heterocycles. The highest BCUT2D eigenvalue weighted by Gasteiger charge is 2.19. The third-order valence-corrected chi connectivity index (χ3v) is 2.61. The van der Waals surface area contributed by atoms with Crippen molar-refractivity contribution in [2.75, 3.05) is 12.4 Å². The van der Waals surface area contributed by atoms with E-state index < -0.39 is 9.85 Å². The zero-order valence-electron chi connectivity index (χ0n) is 10.8. The Kier molecular flexibility index (Phi) is 3.93. The summed E-state index contributed by atoms with van der Waals surface area (Å²) in [6.45, 7) is 0. The summed E-state index contributed by atoms with van der Waals surface area (Å²) in [5.74, 6) is 0.402. The number of rotatable bonds is 5. The molecule has 2 rings (SSSR count). The number of nitro groups is 2. The Morgan fingerprint density at radius 3 is 2.43 bits per heavy atom. The SMILES string of the molecule is COc1ccc(Nc2ccc([N+](=O)[O-])cc2[N+](=O)[O-])cn1. The molecule has 1 aromatic carbocycles. The molecule has 9 nitrogen and oxygen atoms in total. The number of nitrogens with zero attached hydrogens (tertiary/aromatic N) is 3. The standard InChI is InChI=1S/C12H10N4O5/c1-21-12-5-2-8(7-13-12)14-10-4-3-9(15(17)18)6-11(10)16(19)20/h2-7,14H,1H3. The molecule has 0 bridgehead atoms. The number of anilines is 2. The number of benzene rings is 1. The van der Waals surface area contributed by atoms with E-state index in [-0.39, 0.29) is 17.1 Å². The molecule has 21 heavy (non-hydrogen) atoms. The maximum absolute atomic E-state index is 11.0. The summed E-state index contributed by atoms with van der Waals surface area (Å²) >= 11 is 0. The van der Waals surface area contributed by atoms with Gasteiger partial charge in [-0.05, 0) is 12.1 Å². The highest BCUT2D eigenvalue weighted by molar-refractivity contribution is 5.71. The van der Waals surface area contributed by atoms with Crippen molar-refractivity contribution in [2.24, 2.45) is 0 Å². The van der Waals surface area contributed by atoms with E-state index in [0.717, 1.165) is 6.07 Å². The zero-order valence-corrected chi connectivity index (χ0v) is 10.8. The third-order valence-electron chi connectivity index (χ3n) is 2.61. The summed E-state index contributed by atoms with van der Waals surface area (Å²) in [6, 6.07) is 6.57. The first kappa shape index (κ1) is 14.2. The van der Waals surface area contributed by atoms with Crippen molar-refractivity contribution in [1.82, 2.24) is 4.98 Å². The fourth-order valence-electron chi connectivity index (χ4n) is 1.62. The predicted octanol–water partition coefficient (Wildman–Crippen LogP) is 2.65. The second-order valence-corrected chi connectivity index (χ2v) is 3.93. The van der Waals surface area contributed by atoms with Gasteiger partial charge in [-0.25, -0.2) is 4.98 Å². The van der Waals surface area contributed by atoms with Gasteiger partial charge in [0.15, 0.2) is 0 Å². The predicted molar refractivity (Wildman–Crippen MR) is 73.8 cm³/mol. The van der Waals surface area contributed by atoms with Crippen LogP contribution in [0.4, 0.5) is 22.7 Å². The Bertz CT molecular complexity index is 687. The van der Waals surface area contributed by atoms with Crippen LogP contribution in [0, 0.1) is 20.2 Å². The number of nitro benzene ring substituents is 2. The Labute approximate surface area is 118 Å². The molecule has 0 aliphatic rings. The fraction of sp³-hybridized carbons (Fsp3) is 0.0833. The smallest absolute Gasteiger partial charge is 0.299 e. The van der Waals surface area contributed by atoms with Gasteiger partial charge in [-0.15, -0.1) is 0 Å². The normalized spacial score (nSPS) is 9.95. The lowest BCUT2D eigenvalue weighted by atomic mass is 10.2. The summed E-state index contributed by atoms with van der Waals surface area (Å²) in [5, 5.41) is 24.4. The molecule has 0 atom stereocenters. The van der Waals surface area contributed by atoms with Gasteiger partial charge in [0.1, 0.15) is 5.69 Å². The average Bonchev–Trinajstić information content (AvgIpc) is 2.48. The molecular weight excluding hydrogens is 280 g/mol. The average molecular weight is 290 g/mol. The van der Waals surface area contributed by atoms with Gasteiger partial charge in [0, 0.05) is 12.1 Å². The minimum atomic E-state index is -0.689. The number of ether oxygens (including phenoxy) is 1. The largest absolute Gasteiger partial charge is 0.481 e. The van der Waals surface area contributed by atoms with Gasteiger partial charge < -0.3 is 10.1 Å². The van der Waals surface area contributed by atoms with E-state index in [0.29, 0.717) is 11.6 Å². The number of aromatic nitrogens is 1. The topological polar surface area (TPSA) is 120 Å². The summed E-state index contributed by atoms with van der Waals surface area (Å²) < 4.78 is 4.90. The Morgan fingerprint density at radius 2 is 1.90 bits per heavy atom. The summed E-state index contributed by atoms with van der Waals surface area (Å²) in [7, 11) is 1.47. The van der Waals surface area contributed by atoms with Gasteiger partial charge in [0.05, 0.1) is 34.9 Å². The minimum absolute atomic E-state index is 0.137. The summed E-state index contributed by atoms with van der Waals surface area (Å²) in [4.78, 5) is 24.2. The van der Waals surface area contributed by atoms with Gasteiger partial charge >= 0.3 is 0 Å². The van der Waals surface area contributed by atoms with Crippen LogP contribution in [0.5, 0.6) is 5.88 Å². The maximum atomic E-state index is 11.0. The van der Waals surface area contributed by atoms with Crippen LogP contribution in [0.25, 0.3) is 0 Å². The van der Waals surface area contributed by atoms with Gasteiger partial charge in [0.2, 0.25) is 5.88 Å². The lowest BCUT2D eigenvalue weighted by molar-refractivity contribution is -0.393. The molecule has 1 aromatic heterocycles. The van der Waals surface area contributed by atoms with Crippen LogP contribution in [0.15, 0.2) is 36.5 Å². The first-order chi connectivity index (χ1) is 10.0. The van der Waals surface area contributed by atoms with Crippen molar-refractivity contribution in [3.63, 3.8) is 0 Å². The zero-order chi connectivity index (χ0) is 15.4. The second kappa shape index (κ2) is 5.82. The molecule has 0 spiro atoms. The highest BCUT2D eigenvalue weighted by Crippen LogP contribution is 2.31. The number of hydrogen-bond donors (Lipinski definition) is 1. The van der Waals surface area contributed by atoms with Crippen LogP contribution in [-0.2, 0) is 0 Å². The number of methoxy groups -OCH3 is 1. The first-order valence-electron chi connectivity index (χ1n) is 5.71. The number of nitrogens with one attached hydrogen (secondary N) is 1. The van der Waals surface area contributed by atoms with Gasteiger partial charge in [0.25, 0.3) is 11.4 Å². The maximum Gasteiger partial charge on any atom is 0.299 e. The molecule has 0 amide bonds. The Morgan fingerprint density at radius 1 is 1.14 bits per heavy atom. The van der Waals surface area contributed by atoms with Crippen LogP contribution >= 0.6 is 0 Å². The number of non-ortho nitro benzene ring substituents is 1. The quantitative estimate of drug-likeness (QED) is 0.663. The molecular formula is C12H10N4O5. The first-order valence-corrected chi connectivity index (χ1v) is 5.71. The van der Waals surface area contributed by atoms with E-state index in [1.807, 2.05) is 0 Å². The molecule has 1 N–H and O–H groups in total. The molecule has 2 aromatic rings. The molecule has 108 valence electrons. The lowest BCUT2D eigenvalue weighted by Gasteiger charge is -2.07. The van der Waals surface area contributed by atoms with E-state index >= 15 is 0 Å². The van der Waals surface area contributed by atoms with Crippen LogP contribution in [0.1, 0.15) is 0 Å². The fourth-order valence-corrected chi connectivity index (χ4v) is 1.62. The number of pyridine rings is 1. The molecule has 0 saturated carbocycles. The van der Waals surface area contributed by atoms with E-state index in [4.69, 9.17) is 4.74 Å². The van der Waals surface area contributed by atoms with Crippen molar-refractivity contribution in [2.45, 2.75) is 0 Å². The molecule has 0 radical (unpaired) electrons. The van der Waals surface area contributed by atoms with E-state index in [1.54, 1.807) is 12.1 Å². The van der Waals surface area contributed by atoms with Crippen molar-refractivity contribution in [3.05, 3.63) is 56.8 Å². The molecule has 0 aliphatic heterocycles. The van der Waals surface area contributed by atoms with Crippen LogP contribution in [0.3, 0.4) is 0 Å². The van der Waals surface area contributed by atoms with Crippen molar-refractivity contribution < 1.29 is 14.6 Å². The van der Waals surface area contributed by atoms with Crippen LogP contribution < -0.4 is 10.1 Å². The van der Waals surface area contributed by atoms with Crippen molar-refractivity contribution in [1.29, 1.82) is 0 Å².